The van der Waals surface area contributed by atoms with E-state index in [0.717, 1.165) is 49.9 Å². The summed E-state index contributed by atoms with van der Waals surface area (Å²) in [7, 11) is 0. The first-order chi connectivity index (χ1) is 61.8. The van der Waals surface area contributed by atoms with Gasteiger partial charge in [0.1, 0.15) is 0 Å². The van der Waals surface area contributed by atoms with Crippen LogP contribution in [0.5, 0.6) is 0 Å². The predicted molar refractivity (Wildman–Crippen MR) is 565 cm³/mol. The first-order valence-corrected chi connectivity index (χ1v) is 60.0. The average Bonchev–Trinajstić information content (AvgIpc) is 1.60. The maximum atomic E-state index is 13.3. The van der Waals surface area contributed by atoms with Gasteiger partial charge in [-0.25, -0.2) is 4.70 Å². The summed E-state index contributed by atoms with van der Waals surface area (Å²) in [6, 6.07) is 10.4. The Morgan fingerprint density at radius 1 is 0.176 bits per heavy atom. The molecular weight excluding hydrogens is 1550 g/mol. The van der Waals surface area contributed by atoms with E-state index < -0.39 is 0 Å². The molecule has 0 saturated heterocycles. The predicted octanol–water partition coefficient (Wildman–Crippen LogP) is 44.5. The Hall–Kier alpha value is -1.99. The summed E-state index contributed by atoms with van der Waals surface area (Å²) in [6.07, 6.45) is 131. The molecule has 0 radical (unpaired) electrons. The molecule has 3 heteroatoms. The number of rotatable bonds is 98. The minimum Gasteiger partial charge on any atom is -0.0654 e. The van der Waals surface area contributed by atoms with Crippen LogP contribution in [0.15, 0.2) is 35.4 Å². The standard InChI is InChI=1S/C74H128N2.2C24H49.Ni/c1-9-17-24-31-32-33-34-35-36-37-38-39-40-41-42-43-44-51-58-72-69(16-8)73(67-59-63(52-45-25-18-10-2)70(56-49-29-22-14-6)64(60-67)53-46-26-19-11-3)76(75)74(72)68-61-65(54-47-27-20-12-4)71(57-50-30-23-15-7)66(62-68)55-48-28-21-13-5;2*1-3-5-7-9-11-13-15-17-19-21-23-24-22-20-18-16-14-12-10-8-6-4-2;/h59-62H,9-58H2,1-8H3;2*1,3-24H2,2H3;. The van der Waals surface area contributed by atoms with Crippen molar-refractivity contribution in [1.82, 2.24) is 0 Å². The molecule has 0 bridgehead atoms. The molecule has 0 N–H and O–H groups in total. The van der Waals surface area contributed by atoms with Crippen LogP contribution in [0, 0.1) is 0 Å². The zero-order valence-corrected chi connectivity index (χ0v) is 88.4. The first kappa shape index (κ1) is 119. The van der Waals surface area contributed by atoms with Crippen molar-refractivity contribution in [3.8, 4) is 0 Å². The second-order valence-corrected chi connectivity index (χ2v) is 42.3. The van der Waals surface area contributed by atoms with E-state index in [1.165, 1.54) is 598 Å². The van der Waals surface area contributed by atoms with Gasteiger partial charge < -0.3 is 5.53 Å². The van der Waals surface area contributed by atoms with Crippen LogP contribution in [-0.2, 0) is 53.0 Å². The monoisotopic (exact) mass is 1780 g/mol. The van der Waals surface area contributed by atoms with E-state index in [4.69, 9.17) is 0 Å². The van der Waals surface area contributed by atoms with E-state index in [0.29, 0.717) is 0 Å². The van der Waals surface area contributed by atoms with Crippen LogP contribution in [0.2, 0.25) is 10.8 Å². The number of nitrogens with zero attached hydrogens (tertiary/aromatic N) is 2. The molecule has 2 nitrogen and oxygen atoms in total. The number of aryl methyl sites for hydroxylation is 4. The van der Waals surface area contributed by atoms with Gasteiger partial charge in [0.2, 0.25) is 11.4 Å². The summed E-state index contributed by atoms with van der Waals surface area (Å²) >= 11 is 2.05. The van der Waals surface area contributed by atoms with Gasteiger partial charge in [-0.2, -0.15) is 0 Å². The van der Waals surface area contributed by atoms with Crippen molar-refractivity contribution in [2.24, 2.45) is 0 Å². The van der Waals surface area contributed by atoms with Gasteiger partial charge in [-0.1, -0.05) is 435 Å². The average molecular weight is 1780 g/mol. The van der Waals surface area contributed by atoms with Crippen LogP contribution < -0.4 is 0 Å². The number of allylic oxidation sites excluding steroid dienone is 2. The van der Waals surface area contributed by atoms with Crippen molar-refractivity contribution in [3.05, 3.63) is 85.5 Å². The molecule has 125 heavy (non-hydrogen) atoms. The van der Waals surface area contributed by atoms with E-state index in [9.17, 15) is 5.53 Å². The molecule has 0 atom stereocenters. The zero-order chi connectivity index (χ0) is 89.9. The molecule has 0 unspecified atom stereocenters. The Kier molecular flexibility index (Phi) is 89.4. The van der Waals surface area contributed by atoms with Crippen molar-refractivity contribution in [1.29, 1.82) is 0 Å². The molecular formula is C122H226N2Ni. The van der Waals surface area contributed by atoms with Gasteiger partial charge in [0.25, 0.3) is 0 Å². The Morgan fingerprint density at radius 2 is 0.328 bits per heavy atom. The third-order valence-electron chi connectivity index (χ3n) is 28.8. The molecule has 3 rings (SSSR count). The van der Waals surface area contributed by atoms with Gasteiger partial charge in [-0.15, -0.1) is 0 Å². The maximum absolute atomic E-state index is 13.3. The van der Waals surface area contributed by atoms with E-state index in [2.05, 4.69) is 108 Å². The molecule has 1 heterocycles. The summed E-state index contributed by atoms with van der Waals surface area (Å²) in [4.78, 5) is 0. The third kappa shape index (κ3) is 67.0. The summed E-state index contributed by atoms with van der Waals surface area (Å²) in [5, 5.41) is 2.87. The van der Waals surface area contributed by atoms with Crippen molar-refractivity contribution in [2.75, 3.05) is 0 Å². The fourth-order valence-electron chi connectivity index (χ4n) is 20.5. The van der Waals surface area contributed by atoms with E-state index in [-0.39, 0.29) is 0 Å². The van der Waals surface area contributed by atoms with Gasteiger partial charge in [0.15, 0.2) is 0 Å². The minimum absolute atomic E-state index is 0.948. The Morgan fingerprint density at radius 3 is 0.520 bits per heavy atom. The van der Waals surface area contributed by atoms with E-state index in [1.807, 2.05) is 0 Å². The Labute approximate surface area is 794 Å². The molecule has 2 aromatic carbocycles. The minimum atomic E-state index is 0.948. The summed E-state index contributed by atoms with van der Waals surface area (Å²) < 4.78 is 1.78. The number of unbranched alkanes of at least 4 members (excludes halogenated alkanes) is 77. The van der Waals surface area contributed by atoms with Crippen LogP contribution in [0.25, 0.3) is 16.9 Å². The zero-order valence-electron chi connectivity index (χ0n) is 87.4. The van der Waals surface area contributed by atoms with Crippen LogP contribution in [0.3, 0.4) is 0 Å². The summed E-state index contributed by atoms with van der Waals surface area (Å²) in [5.41, 5.74) is 30.6. The molecule has 1 aliphatic heterocycles. The molecule has 0 aliphatic carbocycles. The molecule has 2 aromatic rings. The van der Waals surface area contributed by atoms with Crippen LogP contribution in [-0.4, -0.2) is 4.70 Å². The smallest absolute Gasteiger partial charge is 0.0654 e. The normalized spacial score (nSPS) is 12.4. The third-order valence-corrected chi connectivity index (χ3v) is 30.2. The fourth-order valence-corrected chi connectivity index (χ4v) is 21.8. The molecule has 0 saturated carbocycles. The van der Waals surface area contributed by atoms with Gasteiger partial charge in [-0.3, -0.25) is 0 Å². The van der Waals surface area contributed by atoms with Gasteiger partial charge in [0.05, 0.1) is 0 Å². The number of hydrogen-bond donors (Lipinski definition) is 0. The molecule has 0 spiro atoms. The number of benzene rings is 2. The van der Waals surface area contributed by atoms with Crippen molar-refractivity contribution < 1.29 is 19.1 Å². The molecule has 0 amide bonds. The SMILES string of the molecule is CCCCCCCCCCCCCCCCCCCCC1=C(c2cc(CCCCCC)c(CCCCCC)c(CCCCCC)c2)[N+](=[N-])C(c2cc(CCCCCC)c(CCCCCC)c(CCCCCC)c2)=C1CC.CCCCCCCCCCCCCCCCCCCCCCC[CH2][Ni][CH2]CCCCCCCCCCCCCCCCCCCCCCC. The Balaban J connectivity index is 0.000000934. The Bertz CT molecular complexity index is 2560. The van der Waals surface area contributed by atoms with Crippen LogP contribution >= 0.6 is 0 Å². The van der Waals surface area contributed by atoms with Gasteiger partial charge in [-0.05, 0) is 154 Å². The van der Waals surface area contributed by atoms with Crippen molar-refractivity contribution in [2.45, 2.75) is 684 Å². The second-order valence-electron chi connectivity index (χ2n) is 40.8. The quantitative estimate of drug-likeness (QED) is 0.0358. The fraction of sp³-hybridized carbons (Fsp3) is 0.869. The molecule has 1 aliphatic rings. The van der Waals surface area contributed by atoms with Crippen molar-refractivity contribution in [3.63, 3.8) is 0 Å². The molecule has 0 aromatic heterocycles. The first-order valence-electron chi connectivity index (χ1n) is 58.6. The van der Waals surface area contributed by atoms with Gasteiger partial charge >= 0.3 is 166 Å². The van der Waals surface area contributed by atoms with Crippen molar-refractivity contribution >= 4 is 11.4 Å². The second kappa shape index (κ2) is 93.8. The number of hydrogen-bond acceptors (Lipinski definition) is 0. The van der Waals surface area contributed by atoms with Gasteiger partial charge in [0, 0.05) is 22.3 Å². The van der Waals surface area contributed by atoms with Crippen LogP contribution in [0.4, 0.5) is 0 Å². The van der Waals surface area contributed by atoms with Crippen LogP contribution in [0.1, 0.15) is 679 Å². The van der Waals surface area contributed by atoms with E-state index >= 15 is 0 Å². The molecule has 734 valence electrons. The summed E-state index contributed by atoms with van der Waals surface area (Å²) in [5.74, 6) is 0. The van der Waals surface area contributed by atoms with E-state index in [1.54, 1.807) is 38.1 Å². The summed E-state index contributed by atoms with van der Waals surface area (Å²) in [6.45, 7) is 23.4. The topological polar surface area (TPSA) is 25.3 Å². The molecule has 0 fully saturated rings.